The van der Waals surface area contributed by atoms with E-state index in [-0.39, 0.29) is 5.92 Å². The minimum atomic E-state index is -0.522. The van der Waals surface area contributed by atoms with Crippen molar-refractivity contribution in [3.8, 4) is 5.75 Å². The van der Waals surface area contributed by atoms with Gasteiger partial charge in [-0.25, -0.2) is 4.79 Å². The fourth-order valence-corrected chi connectivity index (χ4v) is 2.14. The van der Waals surface area contributed by atoms with Gasteiger partial charge in [-0.3, -0.25) is 10.3 Å². The van der Waals surface area contributed by atoms with Crippen molar-refractivity contribution in [2.45, 2.75) is 19.3 Å². The highest BCUT2D eigenvalue weighted by Gasteiger charge is 2.21. The molecule has 1 aromatic carbocycles. The summed E-state index contributed by atoms with van der Waals surface area (Å²) < 4.78 is 10.3. The van der Waals surface area contributed by atoms with E-state index in [2.05, 4.69) is 33.4 Å². The Labute approximate surface area is 124 Å². The lowest BCUT2D eigenvalue weighted by Crippen LogP contribution is -2.45. The zero-order valence-corrected chi connectivity index (χ0v) is 12.4. The number of para-hydroxylation sites is 1. The Bertz CT molecular complexity index is 517. The van der Waals surface area contributed by atoms with Crippen molar-refractivity contribution in [1.82, 2.24) is 10.6 Å². The summed E-state index contributed by atoms with van der Waals surface area (Å²) in [5.41, 5.74) is 1.14. The van der Waals surface area contributed by atoms with E-state index in [4.69, 9.17) is 4.74 Å². The fourth-order valence-electron chi connectivity index (χ4n) is 2.14. The molecule has 2 rings (SSSR count). The second-order valence-electron chi connectivity index (χ2n) is 4.77. The third-order valence-corrected chi connectivity index (χ3v) is 3.21. The van der Waals surface area contributed by atoms with Gasteiger partial charge in [0.15, 0.2) is 0 Å². The number of hydrogen-bond donors (Lipinski definition) is 2. The van der Waals surface area contributed by atoms with Crippen LogP contribution in [0.1, 0.15) is 24.8 Å². The number of benzene rings is 1. The monoisotopic (exact) mass is 291 g/mol. The summed E-state index contributed by atoms with van der Waals surface area (Å²) in [5, 5.41) is 5.63. The summed E-state index contributed by atoms with van der Waals surface area (Å²) in [6, 6.07) is 8.01. The maximum Gasteiger partial charge on any atom is 0.413 e. The summed E-state index contributed by atoms with van der Waals surface area (Å²) in [6.45, 7) is 4.07. The largest absolute Gasteiger partial charge is 0.493 e. The van der Waals surface area contributed by atoms with Gasteiger partial charge in [-0.15, -0.1) is 0 Å². The molecule has 1 amide bonds. The van der Waals surface area contributed by atoms with Crippen LogP contribution < -0.4 is 15.4 Å². The van der Waals surface area contributed by atoms with Gasteiger partial charge in [0, 0.05) is 18.0 Å². The highest BCUT2D eigenvalue weighted by atomic mass is 16.5. The minimum Gasteiger partial charge on any atom is -0.493 e. The number of hydrogen-bond acceptors (Lipinski definition) is 5. The molecule has 1 atom stereocenters. The van der Waals surface area contributed by atoms with E-state index in [0.717, 1.165) is 17.7 Å². The molecule has 2 N–H and O–H groups in total. The van der Waals surface area contributed by atoms with Gasteiger partial charge < -0.3 is 14.8 Å². The molecule has 1 unspecified atom stereocenters. The van der Waals surface area contributed by atoms with Crippen LogP contribution >= 0.6 is 0 Å². The highest BCUT2D eigenvalue weighted by molar-refractivity contribution is 5.94. The molecular formula is C15H21N3O3. The Morgan fingerprint density at radius 1 is 1.48 bits per heavy atom. The van der Waals surface area contributed by atoms with Gasteiger partial charge in [-0.05, 0) is 12.5 Å². The number of carbonyl (C=O) groups is 1. The molecule has 0 fully saturated rings. The predicted octanol–water partition coefficient (Wildman–Crippen LogP) is 1.87. The number of carbonyl (C=O) groups excluding carboxylic acids is 1. The van der Waals surface area contributed by atoms with Gasteiger partial charge in [0.1, 0.15) is 5.75 Å². The van der Waals surface area contributed by atoms with E-state index in [9.17, 15) is 4.79 Å². The standard InChI is InChI=1S/C15H21N3O3/c1-3-8-21-13-7-5-4-6-12(13)11-9-16-14(17-10-11)18-15(19)20-2/h4-7,11H,3,8-10H2,1-2H3,(H2,16,17,18,19). The van der Waals surface area contributed by atoms with Crippen LogP contribution in [0.4, 0.5) is 4.79 Å². The molecule has 0 radical (unpaired) electrons. The maximum atomic E-state index is 11.1. The van der Waals surface area contributed by atoms with Crippen LogP contribution in [0.5, 0.6) is 5.75 Å². The van der Waals surface area contributed by atoms with Crippen LogP contribution in [0.3, 0.4) is 0 Å². The third-order valence-electron chi connectivity index (χ3n) is 3.21. The van der Waals surface area contributed by atoms with Crippen LogP contribution in [0.25, 0.3) is 0 Å². The first-order valence-corrected chi connectivity index (χ1v) is 7.09. The van der Waals surface area contributed by atoms with Crippen LogP contribution in [0.15, 0.2) is 29.3 Å². The molecule has 0 aliphatic carbocycles. The molecule has 114 valence electrons. The van der Waals surface area contributed by atoms with E-state index in [1.807, 2.05) is 18.2 Å². The van der Waals surface area contributed by atoms with Crippen LogP contribution in [-0.2, 0) is 4.74 Å². The lowest BCUT2D eigenvalue weighted by molar-refractivity contribution is 0.176. The van der Waals surface area contributed by atoms with Crippen molar-refractivity contribution >= 4 is 12.1 Å². The molecule has 1 aliphatic heterocycles. The van der Waals surface area contributed by atoms with Crippen LogP contribution in [0.2, 0.25) is 0 Å². The predicted molar refractivity (Wildman–Crippen MR) is 80.8 cm³/mol. The van der Waals surface area contributed by atoms with Gasteiger partial charge >= 0.3 is 6.09 Å². The number of amides is 1. The smallest absolute Gasteiger partial charge is 0.413 e. The Morgan fingerprint density at radius 3 is 2.95 bits per heavy atom. The Kier molecular flexibility index (Phi) is 5.43. The summed E-state index contributed by atoms with van der Waals surface area (Å²) in [7, 11) is 1.32. The molecule has 0 spiro atoms. The van der Waals surface area contributed by atoms with E-state index < -0.39 is 6.09 Å². The van der Waals surface area contributed by atoms with Gasteiger partial charge in [0.05, 0.1) is 20.3 Å². The second-order valence-corrected chi connectivity index (χ2v) is 4.77. The Balaban J connectivity index is 2.03. The second kappa shape index (κ2) is 7.52. The molecule has 0 saturated carbocycles. The first-order chi connectivity index (χ1) is 10.2. The molecular weight excluding hydrogens is 270 g/mol. The zero-order valence-electron chi connectivity index (χ0n) is 12.4. The molecule has 1 aromatic rings. The number of nitrogens with one attached hydrogen (secondary N) is 2. The number of nitrogens with zero attached hydrogens (tertiary/aromatic N) is 1. The summed E-state index contributed by atoms with van der Waals surface area (Å²) >= 11 is 0. The van der Waals surface area contributed by atoms with Crippen LogP contribution in [-0.4, -0.2) is 38.9 Å². The molecule has 6 heteroatoms. The van der Waals surface area contributed by atoms with Gasteiger partial charge in [-0.1, -0.05) is 25.1 Å². The van der Waals surface area contributed by atoms with Crippen molar-refractivity contribution in [3.63, 3.8) is 0 Å². The average molecular weight is 291 g/mol. The summed E-state index contributed by atoms with van der Waals surface area (Å²) in [5.74, 6) is 1.58. The molecule has 1 aliphatic rings. The summed E-state index contributed by atoms with van der Waals surface area (Å²) in [6.07, 6.45) is 0.453. The van der Waals surface area contributed by atoms with E-state index >= 15 is 0 Å². The Hall–Kier alpha value is -2.24. The number of methoxy groups -OCH3 is 1. The number of rotatable bonds is 4. The van der Waals surface area contributed by atoms with Crippen molar-refractivity contribution in [2.24, 2.45) is 4.99 Å². The number of aliphatic imine (C=N–C) groups is 1. The lowest BCUT2D eigenvalue weighted by Gasteiger charge is -2.24. The lowest BCUT2D eigenvalue weighted by atomic mass is 9.97. The van der Waals surface area contributed by atoms with Gasteiger partial charge in [0.25, 0.3) is 0 Å². The van der Waals surface area contributed by atoms with Crippen LogP contribution in [0, 0.1) is 0 Å². The maximum absolute atomic E-state index is 11.1. The SMILES string of the molecule is CCCOc1ccccc1C1CN=C(NC(=O)OC)NC1. The van der Waals surface area contributed by atoms with Crippen molar-refractivity contribution in [2.75, 3.05) is 26.8 Å². The average Bonchev–Trinajstić information content (AvgIpc) is 2.54. The molecule has 21 heavy (non-hydrogen) atoms. The molecule has 6 nitrogen and oxygen atoms in total. The van der Waals surface area contributed by atoms with Crippen molar-refractivity contribution < 1.29 is 14.3 Å². The fraction of sp³-hybridized carbons (Fsp3) is 0.467. The normalized spacial score (nSPS) is 17.4. The number of guanidine groups is 1. The molecule has 0 aromatic heterocycles. The van der Waals surface area contributed by atoms with Crippen molar-refractivity contribution in [3.05, 3.63) is 29.8 Å². The third kappa shape index (κ3) is 4.11. The van der Waals surface area contributed by atoms with E-state index in [1.54, 1.807) is 0 Å². The van der Waals surface area contributed by atoms with Gasteiger partial charge in [0.2, 0.25) is 5.96 Å². The molecule has 0 saturated heterocycles. The number of ether oxygens (including phenoxy) is 2. The van der Waals surface area contributed by atoms with E-state index in [0.29, 0.717) is 25.7 Å². The minimum absolute atomic E-state index is 0.223. The summed E-state index contributed by atoms with van der Waals surface area (Å²) in [4.78, 5) is 15.5. The molecule has 0 bridgehead atoms. The zero-order chi connectivity index (χ0) is 15.1. The van der Waals surface area contributed by atoms with Crippen molar-refractivity contribution in [1.29, 1.82) is 0 Å². The molecule has 1 heterocycles. The first kappa shape index (κ1) is 15.2. The topological polar surface area (TPSA) is 72.0 Å². The quantitative estimate of drug-likeness (QED) is 0.888. The Morgan fingerprint density at radius 2 is 2.29 bits per heavy atom. The number of alkyl carbamates (subject to hydrolysis) is 1. The van der Waals surface area contributed by atoms with Gasteiger partial charge in [-0.2, -0.15) is 0 Å². The van der Waals surface area contributed by atoms with E-state index in [1.165, 1.54) is 7.11 Å². The highest BCUT2D eigenvalue weighted by Crippen LogP contribution is 2.27. The first-order valence-electron chi connectivity index (χ1n) is 7.09.